The first-order valence-corrected chi connectivity index (χ1v) is 8.04. The van der Waals surface area contributed by atoms with Crippen LogP contribution in [0.2, 0.25) is 5.02 Å². The van der Waals surface area contributed by atoms with Gasteiger partial charge in [-0.2, -0.15) is 5.10 Å². The lowest BCUT2D eigenvalue weighted by Gasteiger charge is -2.22. The molecule has 25 heavy (non-hydrogen) atoms. The van der Waals surface area contributed by atoms with Gasteiger partial charge in [0.15, 0.2) is 0 Å². The van der Waals surface area contributed by atoms with Crippen molar-refractivity contribution < 1.29 is 19.4 Å². The summed E-state index contributed by atoms with van der Waals surface area (Å²) in [6, 6.07) is 5.96. The fraction of sp³-hybridized carbons (Fsp3) is 0.353. The van der Waals surface area contributed by atoms with E-state index in [0.29, 0.717) is 16.3 Å². The summed E-state index contributed by atoms with van der Waals surface area (Å²) < 4.78 is 5.11. The summed E-state index contributed by atoms with van der Waals surface area (Å²) in [5, 5.41) is 19.1. The number of rotatable bonds is 5. The van der Waals surface area contributed by atoms with Crippen molar-refractivity contribution in [2.24, 2.45) is 0 Å². The lowest BCUT2D eigenvalue weighted by molar-refractivity contribution is -0.139. The maximum Gasteiger partial charge on any atom is 0.408 e. The zero-order chi connectivity index (χ0) is 18.6. The molecule has 8 heteroatoms. The van der Waals surface area contributed by atoms with Crippen LogP contribution in [0.5, 0.6) is 0 Å². The van der Waals surface area contributed by atoms with E-state index in [1.165, 1.54) is 6.20 Å². The number of H-pyrrole nitrogens is 1. The summed E-state index contributed by atoms with van der Waals surface area (Å²) in [6.45, 7) is 5.11. The molecule has 1 unspecified atom stereocenters. The van der Waals surface area contributed by atoms with Gasteiger partial charge in [-0.05, 0) is 32.9 Å². The highest BCUT2D eigenvalue weighted by atomic mass is 35.5. The number of amides is 1. The van der Waals surface area contributed by atoms with E-state index in [4.69, 9.17) is 16.3 Å². The van der Waals surface area contributed by atoms with E-state index in [2.05, 4.69) is 15.5 Å². The second-order valence-electron chi connectivity index (χ2n) is 6.52. The third kappa shape index (κ3) is 5.49. The zero-order valence-corrected chi connectivity index (χ0v) is 14.9. The Kier molecular flexibility index (Phi) is 5.69. The van der Waals surface area contributed by atoms with Gasteiger partial charge in [-0.1, -0.05) is 23.7 Å². The Hall–Kier alpha value is -2.54. The summed E-state index contributed by atoms with van der Waals surface area (Å²) >= 11 is 6.00. The Bertz CT molecular complexity index is 767. The minimum atomic E-state index is -1.16. The predicted octanol–water partition coefficient (Wildman–Crippen LogP) is 3.25. The Morgan fingerprint density at radius 2 is 2.12 bits per heavy atom. The largest absolute Gasteiger partial charge is 0.480 e. The molecule has 0 saturated heterocycles. The highest BCUT2D eigenvalue weighted by molar-refractivity contribution is 6.30. The van der Waals surface area contributed by atoms with E-state index >= 15 is 0 Å². The average Bonchev–Trinajstić information content (AvgIpc) is 2.92. The van der Waals surface area contributed by atoms with Crippen LogP contribution in [0.4, 0.5) is 4.79 Å². The molecule has 1 aromatic heterocycles. The minimum absolute atomic E-state index is 0.0485. The second-order valence-corrected chi connectivity index (χ2v) is 6.96. The lowest BCUT2D eigenvalue weighted by Crippen LogP contribution is -2.44. The number of carbonyl (C=O) groups is 2. The molecule has 7 nitrogen and oxygen atoms in total. The molecule has 1 heterocycles. The predicted molar refractivity (Wildman–Crippen MR) is 93.5 cm³/mol. The van der Waals surface area contributed by atoms with Gasteiger partial charge in [0.25, 0.3) is 0 Å². The maximum atomic E-state index is 11.9. The number of ether oxygens (including phenoxy) is 1. The minimum Gasteiger partial charge on any atom is -0.480 e. The van der Waals surface area contributed by atoms with Gasteiger partial charge in [-0.3, -0.25) is 5.10 Å². The Balaban J connectivity index is 2.17. The molecule has 1 amide bonds. The number of alkyl carbamates (subject to hydrolysis) is 1. The number of hydrogen-bond acceptors (Lipinski definition) is 4. The zero-order valence-electron chi connectivity index (χ0n) is 14.2. The van der Waals surface area contributed by atoms with Crippen molar-refractivity contribution in [1.29, 1.82) is 0 Å². The molecule has 0 aliphatic carbocycles. The molecule has 3 N–H and O–H groups in total. The van der Waals surface area contributed by atoms with Gasteiger partial charge >= 0.3 is 12.1 Å². The van der Waals surface area contributed by atoms with Gasteiger partial charge in [0.05, 0.1) is 11.9 Å². The van der Waals surface area contributed by atoms with E-state index in [1.54, 1.807) is 39.0 Å². The maximum absolute atomic E-state index is 11.9. The SMILES string of the molecule is CC(C)(C)OC(=O)NC(Cc1cn[nH]c1-c1cccc(Cl)c1)C(=O)O. The van der Waals surface area contributed by atoms with Crippen LogP contribution < -0.4 is 5.32 Å². The van der Waals surface area contributed by atoms with Crippen LogP contribution in [-0.2, 0) is 16.0 Å². The van der Waals surface area contributed by atoms with Crippen molar-refractivity contribution in [3.8, 4) is 11.3 Å². The second kappa shape index (κ2) is 7.57. The van der Waals surface area contributed by atoms with Crippen LogP contribution in [0.1, 0.15) is 26.3 Å². The number of aromatic amines is 1. The standard InChI is InChI=1S/C17H20ClN3O4/c1-17(2,3)25-16(24)20-13(15(22)23)8-11-9-19-21-14(11)10-5-4-6-12(18)7-10/h4-7,9,13H,8H2,1-3H3,(H,19,21)(H,20,24)(H,22,23). The molecule has 2 aromatic rings. The lowest BCUT2D eigenvalue weighted by atomic mass is 10.0. The molecule has 1 atom stereocenters. The summed E-state index contributed by atoms with van der Waals surface area (Å²) in [6.07, 6.45) is 0.795. The summed E-state index contributed by atoms with van der Waals surface area (Å²) in [5.74, 6) is -1.16. The summed E-state index contributed by atoms with van der Waals surface area (Å²) in [7, 11) is 0. The third-order valence-electron chi connectivity index (χ3n) is 3.24. The number of aliphatic carboxylic acids is 1. The fourth-order valence-corrected chi connectivity index (χ4v) is 2.42. The van der Waals surface area contributed by atoms with Crippen LogP contribution in [0, 0.1) is 0 Å². The normalized spacial score (nSPS) is 12.5. The topological polar surface area (TPSA) is 104 Å². The van der Waals surface area contributed by atoms with Crippen LogP contribution >= 0.6 is 11.6 Å². The number of nitrogens with one attached hydrogen (secondary N) is 2. The molecule has 0 fully saturated rings. The van der Waals surface area contributed by atoms with Crippen molar-refractivity contribution in [3.63, 3.8) is 0 Å². The van der Waals surface area contributed by atoms with Crippen molar-refractivity contribution in [2.75, 3.05) is 0 Å². The number of nitrogens with zero attached hydrogens (tertiary/aromatic N) is 1. The molecule has 2 rings (SSSR count). The number of benzene rings is 1. The molecule has 0 saturated carbocycles. The molecule has 0 aliphatic rings. The molecule has 0 bridgehead atoms. The van der Waals surface area contributed by atoms with Gasteiger partial charge < -0.3 is 15.2 Å². The summed E-state index contributed by atoms with van der Waals surface area (Å²) in [4.78, 5) is 23.4. The molecule has 0 aliphatic heterocycles. The van der Waals surface area contributed by atoms with E-state index in [1.807, 2.05) is 6.07 Å². The number of carboxylic acids is 1. The van der Waals surface area contributed by atoms with Gasteiger partial charge in [0, 0.05) is 22.6 Å². The third-order valence-corrected chi connectivity index (χ3v) is 3.48. The van der Waals surface area contributed by atoms with Crippen molar-refractivity contribution >= 4 is 23.7 Å². The Morgan fingerprint density at radius 1 is 1.40 bits per heavy atom. The molecule has 0 radical (unpaired) electrons. The summed E-state index contributed by atoms with van der Waals surface area (Å²) in [5.41, 5.74) is 1.36. The molecular weight excluding hydrogens is 346 g/mol. The smallest absolute Gasteiger partial charge is 0.408 e. The Morgan fingerprint density at radius 3 is 2.72 bits per heavy atom. The van der Waals surface area contributed by atoms with Crippen molar-refractivity contribution in [3.05, 3.63) is 41.0 Å². The van der Waals surface area contributed by atoms with Gasteiger partial charge in [-0.15, -0.1) is 0 Å². The molecule has 1 aromatic carbocycles. The van der Waals surface area contributed by atoms with E-state index in [-0.39, 0.29) is 6.42 Å². The van der Waals surface area contributed by atoms with Crippen LogP contribution in [0.15, 0.2) is 30.5 Å². The van der Waals surface area contributed by atoms with Crippen LogP contribution in [0.3, 0.4) is 0 Å². The highest BCUT2D eigenvalue weighted by Gasteiger charge is 2.25. The van der Waals surface area contributed by atoms with E-state index < -0.39 is 23.7 Å². The first-order valence-electron chi connectivity index (χ1n) is 7.66. The quantitative estimate of drug-likeness (QED) is 0.754. The highest BCUT2D eigenvalue weighted by Crippen LogP contribution is 2.25. The van der Waals surface area contributed by atoms with Crippen LogP contribution in [0.25, 0.3) is 11.3 Å². The fourth-order valence-electron chi connectivity index (χ4n) is 2.23. The van der Waals surface area contributed by atoms with E-state index in [0.717, 1.165) is 5.56 Å². The molecule has 134 valence electrons. The number of hydrogen-bond donors (Lipinski definition) is 3. The van der Waals surface area contributed by atoms with Crippen molar-refractivity contribution in [2.45, 2.75) is 38.8 Å². The number of carboxylic acid groups (broad SMARTS) is 1. The first-order chi connectivity index (χ1) is 11.7. The monoisotopic (exact) mass is 365 g/mol. The molecule has 0 spiro atoms. The van der Waals surface area contributed by atoms with Gasteiger partial charge in [-0.25, -0.2) is 9.59 Å². The van der Waals surface area contributed by atoms with Crippen LogP contribution in [-0.4, -0.2) is 39.0 Å². The van der Waals surface area contributed by atoms with Crippen molar-refractivity contribution in [1.82, 2.24) is 15.5 Å². The average molecular weight is 366 g/mol. The van der Waals surface area contributed by atoms with Gasteiger partial charge in [0.1, 0.15) is 11.6 Å². The van der Waals surface area contributed by atoms with E-state index in [9.17, 15) is 14.7 Å². The number of carbonyl (C=O) groups excluding carboxylic acids is 1. The number of halogens is 1. The first kappa shape index (κ1) is 18.8. The molecular formula is C17H20ClN3O4. The Labute approximate surface area is 150 Å². The number of aromatic nitrogens is 2. The van der Waals surface area contributed by atoms with Gasteiger partial charge in [0.2, 0.25) is 0 Å².